The molecule has 0 bridgehead atoms. The molecular formula is C24H20ClN3O4S. The molecule has 0 unspecified atom stereocenters. The van der Waals surface area contributed by atoms with Crippen LogP contribution in [0.2, 0.25) is 5.02 Å². The molecule has 7 nitrogen and oxygen atoms in total. The van der Waals surface area contributed by atoms with Gasteiger partial charge in [0.25, 0.3) is 15.9 Å². The third-order valence-corrected chi connectivity index (χ3v) is 6.77. The lowest BCUT2D eigenvalue weighted by atomic mass is 10.1. The van der Waals surface area contributed by atoms with Crippen LogP contribution in [0, 0.1) is 11.3 Å². The Hall–Kier alpha value is -3.80. The first-order valence-corrected chi connectivity index (χ1v) is 11.5. The number of para-hydroxylation sites is 1. The normalized spacial score (nSPS) is 10.7. The molecule has 1 N–H and O–H groups in total. The predicted molar refractivity (Wildman–Crippen MR) is 128 cm³/mol. The highest BCUT2D eigenvalue weighted by Crippen LogP contribution is 2.31. The van der Waals surface area contributed by atoms with Crippen molar-refractivity contribution in [3.05, 3.63) is 95.5 Å². The van der Waals surface area contributed by atoms with Crippen molar-refractivity contribution in [2.45, 2.75) is 4.90 Å². The topological polar surface area (TPSA) is 99.5 Å². The molecule has 0 atom stereocenters. The van der Waals surface area contributed by atoms with Crippen LogP contribution in [0.1, 0.15) is 15.9 Å². The number of nitriles is 1. The zero-order valence-electron chi connectivity index (χ0n) is 17.7. The minimum absolute atomic E-state index is 0.0133. The van der Waals surface area contributed by atoms with Crippen LogP contribution >= 0.6 is 11.6 Å². The molecule has 33 heavy (non-hydrogen) atoms. The summed E-state index contributed by atoms with van der Waals surface area (Å²) >= 11 is 6.23. The summed E-state index contributed by atoms with van der Waals surface area (Å²) < 4.78 is 33.2. The van der Waals surface area contributed by atoms with Gasteiger partial charge in [0.15, 0.2) is 0 Å². The van der Waals surface area contributed by atoms with E-state index >= 15 is 0 Å². The molecule has 0 spiro atoms. The fraction of sp³-hybridized carbons (Fsp3) is 0.0833. The van der Waals surface area contributed by atoms with Crippen molar-refractivity contribution in [1.82, 2.24) is 0 Å². The highest BCUT2D eigenvalue weighted by molar-refractivity contribution is 7.92. The number of nitrogens with zero attached hydrogens (tertiary/aromatic N) is 2. The van der Waals surface area contributed by atoms with Crippen molar-refractivity contribution in [3.63, 3.8) is 0 Å². The predicted octanol–water partition coefficient (Wildman–Crippen LogP) is 4.85. The Morgan fingerprint density at radius 3 is 2.61 bits per heavy atom. The average Bonchev–Trinajstić information content (AvgIpc) is 2.83. The number of hydrogen-bond acceptors (Lipinski definition) is 5. The second kappa shape index (κ2) is 10.2. The molecule has 0 saturated carbocycles. The van der Waals surface area contributed by atoms with E-state index in [1.165, 1.54) is 43.5 Å². The maximum absolute atomic E-state index is 13.4. The molecule has 3 aromatic rings. The minimum atomic E-state index is -4.06. The summed E-state index contributed by atoms with van der Waals surface area (Å²) in [7, 11) is -2.62. The van der Waals surface area contributed by atoms with E-state index in [4.69, 9.17) is 21.6 Å². The number of halogens is 1. The van der Waals surface area contributed by atoms with E-state index in [2.05, 4.69) is 11.9 Å². The number of hydrogen-bond donors (Lipinski definition) is 1. The number of carbonyl (C=O) groups is 1. The van der Waals surface area contributed by atoms with Crippen LogP contribution in [0.3, 0.4) is 0 Å². The molecule has 9 heteroatoms. The third-order valence-electron chi connectivity index (χ3n) is 4.68. The van der Waals surface area contributed by atoms with E-state index in [1.807, 2.05) is 6.07 Å². The number of sulfonamides is 1. The van der Waals surface area contributed by atoms with Gasteiger partial charge in [-0.05, 0) is 48.5 Å². The molecule has 3 rings (SSSR count). The van der Waals surface area contributed by atoms with Gasteiger partial charge in [-0.2, -0.15) is 5.26 Å². The molecule has 0 aliphatic rings. The van der Waals surface area contributed by atoms with Crippen LogP contribution in [0.5, 0.6) is 5.75 Å². The Balaban J connectivity index is 1.97. The third kappa shape index (κ3) is 5.17. The molecule has 0 radical (unpaired) electrons. The van der Waals surface area contributed by atoms with Gasteiger partial charge in [0.05, 0.1) is 46.6 Å². The van der Waals surface area contributed by atoms with Crippen LogP contribution < -0.4 is 14.4 Å². The molecule has 0 aliphatic heterocycles. The molecule has 0 saturated heterocycles. The number of carbonyl (C=O) groups excluding carboxylic acids is 1. The van der Waals surface area contributed by atoms with Gasteiger partial charge in [-0.3, -0.25) is 9.10 Å². The molecule has 168 valence electrons. The fourth-order valence-electron chi connectivity index (χ4n) is 3.09. The van der Waals surface area contributed by atoms with Gasteiger partial charge in [0.1, 0.15) is 5.75 Å². The van der Waals surface area contributed by atoms with Gasteiger partial charge in [-0.15, -0.1) is 6.58 Å². The van der Waals surface area contributed by atoms with Crippen molar-refractivity contribution in [1.29, 1.82) is 5.26 Å². The zero-order chi connectivity index (χ0) is 24.0. The Bertz CT molecular complexity index is 1350. The van der Waals surface area contributed by atoms with Gasteiger partial charge in [-0.25, -0.2) is 8.42 Å². The molecular weight excluding hydrogens is 462 g/mol. The van der Waals surface area contributed by atoms with Crippen molar-refractivity contribution in [3.8, 4) is 11.8 Å². The first-order valence-electron chi connectivity index (χ1n) is 9.69. The van der Waals surface area contributed by atoms with Crippen molar-refractivity contribution in [2.24, 2.45) is 0 Å². The van der Waals surface area contributed by atoms with Crippen LogP contribution in [0.15, 0.2) is 84.3 Å². The number of rotatable bonds is 8. The standard InChI is InChI=1S/C24H20ClN3O4S/c1-3-13-28(22-10-5-4-9-20(22)25)33(30,31)19-8-6-7-18(15-19)24(29)27-21-14-17(16-26)11-12-23(21)32-2/h3-12,14-15H,1,13H2,2H3,(H,27,29). The van der Waals surface area contributed by atoms with Crippen molar-refractivity contribution < 1.29 is 17.9 Å². The van der Waals surface area contributed by atoms with Gasteiger partial charge in [-0.1, -0.05) is 35.9 Å². The number of nitrogens with one attached hydrogen (secondary N) is 1. The van der Waals surface area contributed by atoms with E-state index in [0.717, 1.165) is 4.31 Å². The summed E-state index contributed by atoms with van der Waals surface area (Å²) in [5, 5.41) is 12.1. The maximum atomic E-state index is 13.4. The van der Waals surface area contributed by atoms with E-state index < -0.39 is 15.9 Å². The highest BCUT2D eigenvalue weighted by atomic mass is 35.5. The van der Waals surface area contributed by atoms with Gasteiger partial charge in [0.2, 0.25) is 0 Å². The number of anilines is 2. The molecule has 0 aromatic heterocycles. The summed E-state index contributed by atoms with van der Waals surface area (Å²) in [6.07, 6.45) is 1.45. The monoisotopic (exact) mass is 481 g/mol. The van der Waals surface area contributed by atoms with Crippen LogP contribution in [-0.2, 0) is 10.0 Å². The van der Waals surface area contributed by atoms with Crippen LogP contribution in [0.4, 0.5) is 11.4 Å². The first kappa shape index (κ1) is 23.9. The van der Waals surface area contributed by atoms with Crippen molar-refractivity contribution >= 4 is 38.9 Å². The molecule has 1 amide bonds. The highest BCUT2D eigenvalue weighted by Gasteiger charge is 2.26. The molecule has 0 fully saturated rings. The second-order valence-electron chi connectivity index (χ2n) is 6.79. The first-order chi connectivity index (χ1) is 15.8. The molecule has 0 heterocycles. The van der Waals surface area contributed by atoms with E-state index in [1.54, 1.807) is 36.4 Å². The number of methoxy groups -OCH3 is 1. The number of benzene rings is 3. The fourth-order valence-corrected chi connectivity index (χ4v) is 4.88. The minimum Gasteiger partial charge on any atom is -0.495 e. The van der Waals surface area contributed by atoms with Crippen LogP contribution in [-0.4, -0.2) is 28.0 Å². The molecule has 3 aromatic carbocycles. The summed E-state index contributed by atoms with van der Waals surface area (Å²) in [4.78, 5) is 12.8. The largest absolute Gasteiger partial charge is 0.495 e. The van der Waals surface area contributed by atoms with Gasteiger partial charge < -0.3 is 10.1 Å². The summed E-state index contributed by atoms with van der Waals surface area (Å²) in [5.74, 6) is -0.199. The van der Waals surface area contributed by atoms with E-state index in [-0.39, 0.29) is 22.0 Å². The summed E-state index contributed by atoms with van der Waals surface area (Å²) in [5.41, 5.74) is 1.03. The lowest BCUT2D eigenvalue weighted by molar-refractivity contribution is 0.102. The van der Waals surface area contributed by atoms with Crippen molar-refractivity contribution in [2.75, 3.05) is 23.3 Å². The second-order valence-corrected chi connectivity index (χ2v) is 9.05. The average molecular weight is 482 g/mol. The van der Waals surface area contributed by atoms with Gasteiger partial charge >= 0.3 is 0 Å². The lowest BCUT2D eigenvalue weighted by Crippen LogP contribution is -2.31. The zero-order valence-corrected chi connectivity index (χ0v) is 19.2. The molecule has 0 aliphatic carbocycles. The quantitative estimate of drug-likeness (QED) is 0.463. The Morgan fingerprint density at radius 2 is 1.94 bits per heavy atom. The summed E-state index contributed by atoms with van der Waals surface area (Å²) in [6.45, 7) is 3.62. The number of amides is 1. The smallest absolute Gasteiger partial charge is 0.264 e. The SMILES string of the molecule is C=CCN(c1ccccc1Cl)S(=O)(=O)c1cccc(C(=O)Nc2cc(C#N)ccc2OC)c1. The van der Waals surface area contributed by atoms with Gasteiger partial charge in [0, 0.05) is 5.56 Å². The maximum Gasteiger partial charge on any atom is 0.264 e. The van der Waals surface area contributed by atoms with E-state index in [9.17, 15) is 13.2 Å². The lowest BCUT2D eigenvalue weighted by Gasteiger charge is -2.24. The Morgan fingerprint density at radius 1 is 1.18 bits per heavy atom. The summed E-state index contributed by atoms with van der Waals surface area (Å²) in [6, 6.07) is 18.8. The van der Waals surface area contributed by atoms with E-state index in [0.29, 0.717) is 22.7 Å². The Labute approximate surface area is 197 Å². The van der Waals surface area contributed by atoms with Crippen LogP contribution in [0.25, 0.3) is 0 Å². The Kier molecular flexibility index (Phi) is 7.38. The number of ether oxygens (including phenoxy) is 1.